The van der Waals surface area contributed by atoms with Gasteiger partial charge in [0.1, 0.15) is 0 Å². The van der Waals surface area contributed by atoms with E-state index in [9.17, 15) is 0 Å². The molecule has 2 saturated heterocycles. The molecule has 0 aromatic heterocycles. The molecule has 3 fully saturated rings. The summed E-state index contributed by atoms with van der Waals surface area (Å²) in [5.41, 5.74) is 0. The lowest BCUT2D eigenvalue weighted by Crippen LogP contribution is -2.49. The van der Waals surface area contributed by atoms with Crippen molar-refractivity contribution in [3.8, 4) is 0 Å². The van der Waals surface area contributed by atoms with Gasteiger partial charge in [-0.05, 0) is 51.0 Å². The van der Waals surface area contributed by atoms with Crippen molar-refractivity contribution in [2.45, 2.75) is 63.5 Å². The number of likely N-dealkylation sites (tertiary alicyclic amines) is 1. The second-order valence-corrected chi connectivity index (χ2v) is 6.63. The summed E-state index contributed by atoms with van der Waals surface area (Å²) in [6, 6.07) is 1.62. The molecule has 3 aliphatic rings. The summed E-state index contributed by atoms with van der Waals surface area (Å²) in [5.74, 6) is 1.02. The molecule has 0 amide bonds. The topological polar surface area (TPSA) is 24.5 Å². The van der Waals surface area contributed by atoms with Gasteiger partial charge in [0.05, 0.1) is 0 Å². The van der Waals surface area contributed by atoms with Gasteiger partial charge in [-0.3, -0.25) is 4.90 Å². The molecule has 3 heteroatoms. The average molecular weight is 266 g/mol. The molecule has 19 heavy (non-hydrogen) atoms. The first-order chi connectivity index (χ1) is 9.43. The SMILES string of the molecule is C1CCC2C(C1)CCCN2CCNC1CCOCC1. The minimum absolute atomic E-state index is 0.709. The number of rotatable bonds is 4. The lowest BCUT2D eigenvalue weighted by atomic mass is 9.78. The van der Waals surface area contributed by atoms with Gasteiger partial charge < -0.3 is 10.1 Å². The molecule has 2 atom stereocenters. The Balaban J connectivity index is 1.40. The van der Waals surface area contributed by atoms with Crippen molar-refractivity contribution in [3.63, 3.8) is 0 Å². The number of hydrogen-bond acceptors (Lipinski definition) is 3. The summed E-state index contributed by atoms with van der Waals surface area (Å²) in [7, 11) is 0. The third kappa shape index (κ3) is 3.71. The lowest BCUT2D eigenvalue weighted by Gasteiger charge is -2.44. The Kier molecular flexibility index (Phi) is 5.14. The first-order valence-electron chi connectivity index (χ1n) is 8.48. The highest BCUT2D eigenvalue weighted by Crippen LogP contribution is 2.34. The molecular formula is C16H30N2O. The Morgan fingerprint density at radius 1 is 0.947 bits per heavy atom. The van der Waals surface area contributed by atoms with Gasteiger partial charge in [0.2, 0.25) is 0 Å². The summed E-state index contributed by atoms with van der Waals surface area (Å²) < 4.78 is 5.42. The minimum atomic E-state index is 0.709. The van der Waals surface area contributed by atoms with Crippen molar-refractivity contribution in [1.82, 2.24) is 10.2 Å². The highest BCUT2D eigenvalue weighted by atomic mass is 16.5. The summed E-state index contributed by atoms with van der Waals surface area (Å²) >= 11 is 0. The van der Waals surface area contributed by atoms with Crippen LogP contribution in [0.5, 0.6) is 0 Å². The number of nitrogens with one attached hydrogen (secondary N) is 1. The monoisotopic (exact) mass is 266 g/mol. The average Bonchev–Trinajstić information content (AvgIpc) is 2.49. The molecule has 0 spiro atoms. The van der Waals surface area contributed by atoms with Crippen molar-refractivity contribution in [2.75, 3.05) is 32.8 Å². The second-order valence-electron chi connectivity index (χ2n) is 6.63. The van der Waals surface area contributed by atoms with E-state index >= 15 is 0 Å². The van der Waals surface area contributed by atoms with Crippen molar-refractivity contribution >= 4 is 0 Å². The molecule has 2 heterocycles. The second kappa shape index (κ2) is 7.05. The maximum Gasteiger partial charge on any atom is 0.0480 e. The maximum absolute atomic E-state index is 5.42. The molecule has 0 bridgehead atoms. The molecule has 1 aliphatic carbocycles. The van der Waals surface area contributed by atoms with E-state index in [2.05, 4.69) is 10.2 Å². The van der Waals surface area contributed by atoms with Crippen molar-refractivity contribution in [2.24, 2.45) is 5.92 Å². The lowest BCUT2D eigenvalue weighted by molar-refractivity contribution is 0.0555. The predicted molar refractivity (Wildman–Crippen MR) is 78.4 cm³/mol. The van der Waals surface area contributed by atoms with Crippen LogP contribution < -0.4 is 5.32 Å². The van der Waals surface area contributed by atoms with Gasteiger partial charge in [0, 0.05) is 38.4 Å². The van der Waals surface area contributed by atoms with Gasteiger partial charge in [-0.15, -0.1) is 0 Å². The molecule has 1 saturated carbocycles. The van der Waals surface area contributed by atoms with Gasteiger partial charge in [-0.2, -0.15) is 0 Å². The first-order valence-corrected chi connectivity index (χ1v) is 8.48. The van der Waals surface area contributed by atoms with Crippen LogP contribution in [0.1, 0.15) is 51.4 Å². The summed E-state index contributed by atoms with van der Waals surface area (Å²) in [5, 5.41) is 3.74. The van der Waals surface area contributed by atoms with E-state index in [1.54, 1.807) is 0 Å². The third-order valence-corrected chi connectivity index (χ3v) is 5.41. The summed E-state index contributed by atoms with van der Waals surface area (Å²) in [4.78, 5) is 2.79. The Morgan fingerprint density at radius 2 is 1.74 bits per heavy atom. The van der Waals surface area contributed by atoms with Crippen LogP contribution >= 0.6 is 0 Å². The number of hydrogen-bond donors (Lipinski definition) is 1. The van der Waals surface area contributed by atoms with E-state index in [1.165, 1.54) is 71.0 Å². The van der Waals surface area contributed by atoms with Crippen molar-refractivity contribution in [1.29, 1.82) is 0 Å². The Morgan fingerprint density at radius 3 is 2.63 bits per heavy atom. The first kappa shape index (κ1) is 13.8. The normalized spacial score (nSPS) is 34.1. The van der Waals surface area contributed by atoms with Crippen LogP contribution in [0, 0.1) is 5.92 Å². The number of piperidine rings is 1. The van der Waals surface area contributed by atoms with E-state index in [0.717, 1.165) is 25.2 Å². The van der Waals surface area contributed by atoms with Crippen molar-refractivity contribution < 1.29 is 4.74 Å². The zero-order valence-electron chi connectivity index (χ0n) is 12.3. The molecule has 3 rings (SSSR count). The van der Waals surface area contributed by atoms with Crippen molar-refractivity contribution in [3.05, 3.63) is 0 Å². The van der Waals surface area contributed by atoms with Crippen LogP contribution in [0.2, 0.25) is 0 Å². The quantitative estimate of drug-likeness (QED) is 0.846. The van der Waals surface area contributed by atoms with Gasteiger partial charge in [-0.25, -0.2) is 0 Å². The molecule has 0 radical (unpaired) electrons. The van der Waals surface area contributed by atoms with Gasteiger partial charge in [-0.1, -0.05) is 12.8 Å². The van der Waals surface area contributed by atoms with E-state index < -0.39 is 0 Å². The molecule has 2 unspecified atom stereocenters. The third-order valence-electron chi connectivity index (χ3n) is 5.41. The number of ether oxygens (including phenoxy) is 1. The van der Waals surface area contributed by atoms with E-state index in [-0.39, 0.29) is 0 Å². The molecule has 3 nitrogen and oxygen atoms in total. The fourth-order valence-corrected chi connectivity index (χ4v) is 4.32. The molecule has 0 aromatic carbocycles. The summed E-state index contributed by atoms with van der Waals surface area (Å²) in [6.45, 7) is 5.68. The maximum atomic E-state index is 5.42. The zero-order chi connectivity index (χ0) is 12.9. The van der Waals surface area contributed by atoms with Crippen LogP contribution in [-0.2, 0) is 4.74 Å². The minimum Gasteiger partial charge on any atom is -0.381 e. The van der Waals surface area contributed by atoms with Crippen LogP contribution in [-0.4, -0.2) is 49.8 Å². The van der Waals surface area contributed by atoms with Gasteiger partial charge in [0.15, 0.2) is 0 Å². The van der Waals surface area contributed by atoms with E-state index in [4.69, 9.17) is 4.74 Å². The van der Waals surface area contributed by atoms with E-state index in [0.29, 0.717) is 6.04 Å². The predicted octanol–water partition coefficient (Wildman–Crippen LogP) is 2.41. The largest absolute Gasteiger partial charge is 0.381 e. The summed E-state index contributed by atoms with van der Waals surface area (Å²) in [6.07, 6.45) is 11.2. The number of nitrogens with zero attached hydrogens (tertiary/aromatic N) is 1. The smallest absolute Gasteiger partial charge is 0.0480 e. The van der Waals surface area contributed by atoms with Crippen LogP contribution in [0.4, 0.5) is 0 Å². The van der Waals surface area contributed by atoms with Gasteiger partial charge in [0.25, 0.3) is 0 Å². The van der Waals surface area contributed by atoms with Gasteiger partial charge >= 0.3 is 0 Å². The Hall–Kier alpha value is -0.120. The molecule has 2 aliphatic heterocycles. The van der Waals surface area contributed by atoms with Crippen LogP contribution in [0.3, 0.4) is 0 Å². The van der Waals surface area contributed by atoms with E-state index in [1.807, 2.05) is 0 Å². The zero-order valence-corrected chi connectivity index (χ0v) is 12.3. The van der Waals surface area contributed by atoms with Crippen LogP contribution in [0.15, 0.2) is 0 Å². The molecule has 110 valence electrons. The van der Waals surface area contributed by atoms with Crippen LogP contribution in [0.25, 0.3) is 0 Å². The fourth-order valence-electron chi connectivity index (χ4n) is 4.32. The number of fused-ring (bicyclic) bond motifs is 1. The molecule has 0 aromatic rings. The molecule has 1 N–H and O–H groups in total. The molecular weight excluding hydrogens is 236 g/mol. The standard InChI is InChI=1S/C16H30N2O/c1-2-6-16-14(4-1)5-3-10-18(16)11-9-17-15-7-12-19-13-8-15/h14-17H,1-13H2. The highest BCUT2D eigenvalue weighted by molar-refractivity contribution is 4.87. The Labute approximate surface area is 118 Å². The highest BCUT2D eigenvalue weighted by Gasteiger charge is 2.32. The fraction of sp³-hybridized carbons (Fsp3) is 1.00. The Bertz CT molecular complexity index is 263.